The molecule has 1 unspecified atom stereocenters. The van der Waals surface area contributed by atoms with Crippen molar-refractivity contribution in [2.24, 2.45) is 0 Å². The van der Waals surface area contributed by atoms with Crippen molar-refractivity contribution in [2.75, 3.05) is 5.32 Å². The summed E-state index contributed by atoms with van der Waals surface area (Å²) in [7, 11) is 0. The maximum absolute atomic E-state index is 12.4. The number of halogens is 2. The number of hydrogen-bond donors (Lipinski definition) is 1. The number of rotatable bonds is 6. The first-order valence-corrected chi connectivity index (χ1v) is 7.98. The Hall–Kier alpha value is -2.06. The minimum absolute atomic E-state index is 0.129. The lowest BCUT2D eigenvalue weighted by atomic mass is 9.95. The Labute approximate surface area is 133 Å². The molecule has 0 saturated heterocycles. The van der Waals surface area contributed by atoms with Gasteiger partial charge in [-0.15, -0.1) is 5.10 Å². The average Bonchev–Trinajstić information content (AvgIpc) is 3.17. The summed E-state index contributed by atoms with van der Waals surface area (Å²) in [5.41, 5.74) is 0.677. The molecule has 2 aromatic heterocycles. The van der Waals surface area contributed by atoms with Crippen LogP contribution in [0.2, 0.25) is 0 Å². The second-order valence-corrected chi connectivity index (χ2v) is 5.98. The Morgan fingerprint density at radius 1 is 1.30 bits per heavy atom. The van der Waals surface area contributed by atoms with Crippen molar-refractivity contribution in [2.45, 2.75) is 64.1 Å². The zero-order valence-corrected chi connectivity index (χ0v) is 13.1. The highest BCUT2D eigenvalue weighted by Crippen LogP contribution is 2.29. The maximum atomic E-state index is 12.4. The zero-order chi connectivity index (χ0) is 16.2. The Morgan fingerprint density at radius 3 is 2.83 bits per heavy atom. The quantitative estimate of drug-likeness (QED) is 0.884. The van der Waals surface area contributed by atoms with Crippen molar-refractivity contribution < 1.29 is 8.78 Å². The maximum Gasteiger partial charge on any atom is 0.257 e. The number of nitrogens with one attached hydrogen (secondary N) is 1. The first-order chi connectivity index (χ1) is 11.1. The molecule has 1 aliphatic carbocycles. The van der Waals surface area contributed by atoms with Gasteiger partial charge in [0.05, 0.1) is 24.0 Å². The Balaban J connectivity index is 1.67. The lowest BCUT2D eigenvalue weighted by molar-refractivity contribution is 0.122. The molecular weight excluding hydrogens is 304 g/mol. The molecule has 3 rings (SSSR count). The molecule has 9 heteroatoms. The SMILES string of the molecule is CC(Nc1cnn(CC(F)F)c1)c1nnnn1C1CCCCC1. The lowest BCUT2D eigenvalue weighted by Crippen LogP contribution is -2.20. The minimum Gasteiger partial charge on any atom is -0.373 e. The van der Waals surface area contributed by atoms with Crippen molar-refractivity contribution >= 4 is 5.69 Å². The van der Waals surface area contributed by atoms with E-state index in [0.717, 1.165) is 18.7 Å². The van der Waals surface area contributed by atoms with E-state index in [1.165, 1.54) is 30.1 Å². The molecule has 2 aromatic rings. The van der Waals surface area contributed by atoms with Crippen LogP contribution in [-0.4, -0.2) is 36.4 Å². The van der Waals surface area contributed by atoms with Crippen LogP contribution in [0.1, 0.15) is 56.9 Å². The van der Waals surface area contributed by atoms with Crippen molar-refractivity contribution in [1.82, 2.24) is 30.0 Å². The van der Waals surface area contributed by atoms with Crippen LogP contribution in [0.5, 0.6) is 0 Å². The summed E-state index contributed by atoms with van der Waals surface area (Å²) in [5, 5.41) is 19.2. The van der Waals surface area contributed by atoms with Gasteiger partial charge in [-0.25, -0.2) is 13.5 Å². The molecule has 1 saturated carbocycles. The summed E-state index contributed by atoms with van der Waals surface area (Å²) in [6.07, 6.45) is 6.54. The van der Waals surface area contributed by atoms with E-state index in [-0.39, 0.29) is 6.04 Å². The first-order valence-electron chi connectivity index (χ1n) is 7.98. The van der Waals surface area contributed by atoms with E-state index in [2.05, 4.69) is 25.9 Å². The van der Waals surface area contributed by atoms with Gasteiger partial charge in [-0.05, 0) is 30.2 Å². The van der Waals surface area contributed by atoms with Gasteiger partial charge in [0, 0.05) is 6.20 Å². The van der Waals surface area contributed by atoms with E-state index < -0.39 is 13.0 Å². The largest absolute Gasteiger partial charge is 0.373 e. The van der Waals surface area contributed by atoms with Crippen molar-refractivity contribution in [3.05, 3.63) is 18.2 Å². The van der Waals surface area contributed by atoms with E-state index in [0.29, 0.717) is 11.7 Å². The van der Waals surface area contributed by atoms with Crippen LogP contribution in [0.15, 0.2) is 12.4 Å². The van der Waals surface area contributed by atoms with Crippen LogP contribution >= 0.6 is 0 Å². The summed E-state index contributed by atoms with van der Waals surface area (Å²) in [6, 6.07) is 0.218. The molecule has 1 atom stereocenters. The molecule has 0 bridgehead atoms. The molecule has 0 aliphatic heterocycles. The van der Waals surface area contributed by atoms with Crippen LogP contribution in [0.25, 0.3) is 0 Å². The third-order valence-corrected chi connectivity index (χ3v) is 4.17. The number of nitrogens with zero attached hydrogens (tertiary/aromatic N) is 6. The normalized spacial score (nSPS) is 17.6. The van der Waals surface area contributed by atoms with Gasteiger partial charge in [0.15, 0.2) is 5.82 Å². The number of tetrazole rings is 1. The van der Waals surface area contributed by atoms with Gasteiger partial charge in [0.2, 0.25) is 0 Å². The second-order valence-electron chi connectivity index (χ2n) is 5.98. The molecular formula is C14H21F2N7. The van der Waals surface area contributed by atoms with Gasteiger partial charge < -0.3 is 5.32 Å². The van der Waals surface area contributed by atoms with Crippen LogP contribution in [0, 0.1) is 0 Å². The fourth-order valence-electron chi connectivity index (χ4n) is 3.07. The standard InChI is InChI=1S/C14H21F2N7/c1-10(18-11-7-17-22(8-11)9-13(15)16)14-19-20-21-23(14)12-5-3-2-4-6-12/h7-8,10,12-13,18H,2-6,9H2,1H3. The minimum atomic E-state index is -2.42. The molecule has 1 aliphatic rings. The molecule has 7 nitrogen and oxygen atoms in total. The molecule has 126 valence electrons. The number of aromatic nitrogens is 6. The average molecular weight is 325 g/mol. The summed E-state index contributed by atoms with van der Waals surface area (Å²) in [4.78, 5) is 0. The van der Waals surface area contributed by atoms with E-state index in [4.69, 9.17) is 0 Å². The Kier molecular flexibility index (Phi) is 4.82. The predicted octanol–water partition coefficient (Wildman–Crippen LogP) is 2.81. The molecule has 1 fully saturated rings. The summed E-state index contributed by atoms with van der Waals surface area (Å²) < 4.78 is 27.9. The summed E-state index contributed by atoms with van der Waals surface area (Å²) >= 11 is 0. The van der Waals surface area contributed by atoms with E-state index in [1.807, 2.05) is 11.6 Å². The molecule has 0 spiro atoms. The third-order valence-electron chi connectivity index (χ3n) is 4.17. The summed E-state index contributed by atoms with van der Waals surface area (Å²) in [5.74, 6) is 0.763. The highest BCUT2D eigenvalue weighted by atomic mass is 19.3. The Morgan fingerprint density at radius 2 is 2.09 bits per heavy atom. The van der Waals surface area contributed by atoms with Gasteiger partial charge in [-0.2, -0.15) is 5.10 Å². The van der Waals surface area contributed by atoms with Crippen LogP contribution in [-0.2, 0) is 6.54 Å². The van der Waals surface area contributed by atoms with Gasteiger partial charge in [-0.1, -0.05) is 19.3 Å². The van der Waals surface area contributed by atoms with E-state index in [9.17, 15) is 8.78 Å². The fourth-order valence-corrected chi connectivity index (χ4v) is 3.07. The first kappa shape index (κ1) is 15.8. The molecule has 23 heavy (non-hydrogen) atoms. The topological polar surface area (TPSA) is 73.5 Å². The van der Waals surface area contributed by atoms with Crippen LogP contribution in [0.3, 0.4) is 0 Å². The second kappa shape index (κ2) is 7.01. The van der Waals surface area contributed by atoms with Gasteiger partial charge in [0.1, 0.15) is 6.54 Å². The molecule has 2 heterocycles. The van der Waals surface area contributed by atoms with Gasteiger partial charge in [-0.3, -0.25) is 4.68 Å². The van der Waals surface area contributed by atoms with Gasteiger partial charge >= 0.3 is 0 Å². The number of hydrogen-bond acceptors (Lipinski definition) is 5. The van der Waals surface area contributed by atoms with E-state index in [1.54, 1.807) is 6.20 Å². The zero-order valence-electron chi connectivity index (χ0n) is 13.1. The smallest absolute Gasteiger partial charge is 0.257 e. The van der Waals surface area contributed by atoms with E-state index >= 15 is 0 Å². The lowest BCUT2D eigenvalue weighted by Gasteiger charge is -2.24. The molecule has 1 N–H and O–H groups in total. The van der Waals surface area contributed by atoms with Crippen LogP contribution in [0.4, 0.5) is 14.5 Å². The highest BCUT2D eigenvalue weighted by molar-refractivity contribution is 5.39. The predicted molar refractivity (Wildman–Crippen MR) is 80.2 cm³/mol. The summed E-state index contributed by atoms with van der Waals surface area (Å²) in [6.45, 7) is 1.55. The van der Waals surface area contributed by atoms with Crippen LogP contribution < -0.4 is 5.32 Å². The van der Waals surface area contributed by atoms with Crippen molar-refractivity contribution in [3.8, 4) is 0 Å². The molecule has 0 radical (unpaired) electrons. The van der Waals surface area contributed by atoms with Crippen molar-refractivity contribution in [1.29, 1.82) is 0 Å². The Bertz CT molecular complexity index is 618. The molecule has 0 aromatic carbocycles. The molecule has 0 amide bonds. The van der Waals surface area contributed by atoms with Gasteiger partial charge in [0.25, 0.3) is 6.43 Å². The monoisotopic (exact) mass is 325 g/mol. The number of anilines is 1. The highest BCUT2D eigenvalue weighted by Gasteiger charge is 2.23. The van der Waals surface area contributed by atoms with Crippen molar-refractivity contribution in [3.63, 3.8) is 0 Å². The number of alkyl halides is 2. The fraction of sp³-hybridized carbons (Fsp3) is 0.714. The third kappa shape index (κ3) is 3.83.